The van der Waals surface area contributed by atoms with Crippen LogP contribution >= 0.6 is 31.9 Å². The topological polar surface area (TPSA) is 6.02 Å². The minimum atomic E-state index is -0.704. The summed E-state index contributed by atoms with van der Waals surface area (Å²) in [5.41, 5.74) is 12.9. The summed E-state index contributed by atoms with van der Waals surface area (Å²) in [4.78, 5) is 0. The Morgan fingerprint density at radius 3 is 1.46 bits per heavy atom. The number of rotatable bonds is 5. The Morgan fingerprint density at radius 2 is 0.974 bits per heavy atom. The molecule has 0 aromatic heterocycles. The van der Waals surface area contributed by atoms with Gasteiger partial charge < -0.3 is 0 Å². The molecule has 39 heavy (non-hydrogen) atoms. The number of halogens is 2. The second-order valence-electron chi connectivity index (χ2n) is 11.8. The van der Waals surface area contributed by atoms with Crippen LogP contribution in [0.15, 0.2) is 72.8 Å². The average molecular weight is 644 g/mol. The molecule has 4 aromatic carbocycles. The Bertz CT molecular complexity index is 1690. The molecule has 0 bridgehead atoms. The summed E-state index contributed by atoms with van der Waals surface area (Å²) in [5, 5.41) is 2.62. The molecule has 0 saturated heterocycles. The fraction of sp³-hybridized carbons (Fsp3) is 0.314. The highest BCUT2D eigenvalue weighted by Crippen LogP contribution is 2.51. The summed E-state index contributed by atoms with van der Waals surface area (Å²) in [6.45, 7) is 16.0. The summed E-state index contributed by atoms with van der Waals surface area (Å²) < 4.78 is 4.35. The van der Waals surface area contributed by atoms with E-state index in [4.69, 9.17) is 0 Å². The first-order chi connectivity index (χ1) is 18.6. The third kappa shape index (κ3) is 3.85. The fourth-order valence-corrected chi connectivity index (χ4v) is 7.95. The van der Waals surface area contributed by atoms with Gasteiger partial charge in [-0.3, -0.25) is 0 Å². The predicted octanol–water partition coefficient (Wildman–Crippen LogP) is 10.2. The van der Waals surface area contributed by atoms with Crippen LogP contribution in [0.3, 0.4) is 0 Å². The third-order valence-corrected chi connectivity index (χ3v) is 9.72. The van der Waals surface area contributed by atoms with Crippen LogP contribution in [0.4, 0.5) is 11.4 Å². The Kier molecular flexibility index (Phi) is 6.51. The maximum Gasteiger partial charge on any atom is 0.473 e. The van der Waals surface area contributed by atoms with E-state index in [1.807, 2.05) is 0 Å². The molecule has 2 aliphatic rings. The van der Waals surface area contributed by atoms with Crippen LogP contribution in [0, 0.1) is 6.92 Å². The smallest absolute Gasteiger partial charge is 0.100 e. The summed E-state index contributed by atoms with van der Waals surface area (Å²) in [6, 6.07) is 27.0. The van der Waals surface area contributed by atoms with Gasteiger partial charge in [0.25, 0.3) is 11.4 Å². The van der Waals surface area contributed by atoms with E-state index in [1.54, 1.807) is 0 Å². The molecule has 1 aliphatic carbocycles. The van der Waals surface area contributed by atoms with Crippen molar-refractivity contribution in [2.24, 2.45) is 0 Å². The van der Waals surface area contributed by atoms with Gasteiger partial charge in [0.05, 0.1) is 43.0 Å². The molecular formula is C35H36Br2N2+2. The molecule has 4 heteroatoms. The Labute approximate surface area is 249 Å². The normalized spacial score (nSPS) is 16.0. The van der Waals surface area contributed by atoms with E-state index in [0.717, 1.165) is 0 Å². The third-order valence-electron chi connectivity index (χ3n) is 8.31. The zero-order chi connectivity index (χ0) is 27.8. The molecule has 4 aromatic rings. The first-order valence-corrected chi connectivity index (χ1v) is 15.6. The van der Waals surface area contributed by atoms with Crippen LogP contribution in [0.2, 0.25) is 0 Å². The number of fused-ring (bicyclic) bond motifs is 3. The number of aryl methyl sites for hydroxylation is 1. The lowest BCUT2D eigenvalue weighted by Crippen LogP contribution is -2.36. The summed E-state index contributed by atoms with van der Waals surface area (Å²) in [6.07, 6.45) is 0. The SMILES string of the molecule is Cc1cccc(C(C)C)c1[N+]1=C2C(=[N+](c3c(C(C)C)cccc3C(C)C)C1(Br)Br)c1cccc3cccc2c13. The van der Waals surface area contributed by atoms with E-state index in [0.29, 0.717) is 17.8 Å². The number of benzene rings is 4. The van der Waals surface area contributed by atoms with Crippen LogP contribution < -0.4 is 0 Å². The second-order valence-corrected chi connectivity index (χ2v) is 15.1. The van der Waals surface area contributed by atoms with Gasteiger partial charge >= 0.3 is 3.48 Å². The molecule has 2 nitrogen and oxygen atoms in total. The molecule has 6 rings (SSSR count). The van der Waals surface area contributed by atoms with Crippen molar-refractivity contribution in [1.82, 2.24) is 0 Å². The molecule has 0 saturated carbocycles. The number of nitrogens with zero attached hydrogens (tertiary/aromatic N) is 2. The minimum absolute atomic E-state index is 0.372. The lowest BCUT2D eigenvalue weighted by atomic mass is 9.92. The van der Waals surface area contributed by atoms with Gasteiger partial charge in [0, 0.05) is 27.6 Å². The molecule has 0 N–H and O–H groups in total. The lowest BCUT2D eigenvalue weighted by Gasteiger charge is -2.22. The van der Waals surface area contributed by atoms with Gasteiger partial charge in [0.1, 0.15) is 0 Å². The van der Waals surface area contributed by atoms with Crippen molar-refractivity contribution in [2.45, 2.75) is 69.7 Å². The first kappa shape index (κ1) is 26.7. The van der Waals surface area contributed by atoms with Crippen molar-refractivity contribution in [2.75, 3.05) is 0 Å². The van der Waals surface area contributed by atoms with Crippen LogP contribution in [0.1, 0.15) is 92.7 Å². The van der Waals surface area contributed by atoms with Gasteiger partial charge in [0.15, 0.2) is 0 Å². The molecule has 0 radical (unpaired) electrons. The molecular weight excluding hydrogens is 608 g/mol. The number of hydrogen-bond donors (Lipinski definition) is 0. The van der Waals surface area contributed by atoms with Gasteiger partial charge in [-0.05, 0) is 42.2 Å². The number of hydrogen-bond acceptors (Lipinski definition) is 0. The standard InChI is InChI=1S/C35H36Br2N2/c1-20(2)25-15-8-12-23(7)31(25)38-33-28-18-9-13-24-14-10-19-29(30(24)28)34(33)39(35(38,36)37)32-26(21(3)4)16-11-17-27(32)22(5)6/h8-22H,1-7H3/q+2. The summed E-state index contributed by atoms with van der Waals surface area (Å²) >= 11 is 8.63. The van der Waals surface area contributed by atoms with E-state index >= 15 is 0 Å². The molecule has 1 aliphatic heterocycles. The molecule has 0 atom stereocenters. The van der Waals surface area contributed by atoms with Crippen molar-refractivity contribution < 1.29 is 9.15 Å². The molecule has 0 amide bonds. The van der Waals surface area contributed by atoms with Crippen molar-refractivity contribution in [3.8, 4) is 0 Å². The van der Waals surface area contributed by atoms with E-state index in [2.05, 4.69) is 162 Å². The van der Waals surface area contributed by atoms with Gasteiger partial charge in [0.2, 0.25) is 11.4 Å². The molecule has 0 spiro atoms. The molecule has 1 heterocycles. The van der Waals surface area contributed by atoms with Crippen molar-refractivity contribution in [3.63, 3.8) is 0 Å². The maximum atomic E-state index is 4.32. The second kappa shape index (κ2) is 9.52. The highest BCUT2D eigenvalue weighted by Gasteiger charge is 2.65. The molecule has 0 fully saturated rings. The highest BCUT2D eigenvalue weighted by molar-refractivity contribution is 9.25. The first-order valence-electron chi connectivity index (χ1n) is 14.0. The molecule has 198 valence electrons. The van der Waals surface area contributed by atoms with Gasteiger partial charge in [-0.2, -0.15) is 0 Å². The van der Waals surface area contributed by atoms with E-state index < -0.39 is 3.48 Å². The van der Waals surface area contributed by atoms with Gasteiger partial charge in [-0.15, -0.1) is 9.15 Å². The summed E-state index contributed by atoms with van der Waals surface area (Å²) in [5.74, 6) is 1.12. The Balaban J connectivity index is 1.83. The zero-order valence-corrected chi connectivity index (χ0v) is 27.0. The largest absolute Gasteiger partial charge is 0.473 e. The van der Waals surface area contributed by atoms with E-state index in [-0.39, 0.29) is 0 Å². The van der Waals surface area contributed by atoms with Crippen LogP contribution in [0.5, 0.6) is 0 Å². The quantitative estimate of drug-likeness (QED) is 0.116. The monoisotopic (exact) mass is 642 g/mol. The average Bonchev–Trinajstić information content (AvgIpc) is 3.32. The van der Waals surface area contributed by atoms with Crippen molar-refractivity contribution in [1.29, 1.82) is 0 Å². The summed E-state index contributed by atoms with van der Waals surface area (Å²) in [7, 11) is 0. The highest BCUT2D eigenvalue weighted by atomic mass is 79.9. The minimum Gasteiger partial charge on any atom is -0.100 e. The van der Waals surface area contributed by atoms with Crippen molar-refractivity contribution in [3.05, 3.63) is 106 Å². The fourth-order valence-electron chi connectivity index (χ4n) is 6.53. The Hall–Kier alpha value is -2.56. The number of alkyl halides is 2. The molecule has 0 unspecified atom stereocenters. The van der Waals surface area contributed by atoms with E-state index in [1.165, 1.54) is 67.0 Å². The predicted molar refractivity (Wildman–Crippen MR) is 172 cm³/mol. The van der Waals surface area contributed by atoms with Gasteiger partial charge in [-0.25, -0.2) is 0 Å². The zero-order valence-electron chi connectivity index (χ0n) is 23.8. The van der Waals surface area contributed by atoms with E-state index in [9.17, 15) is 0 Å². The van der Waals surface area contributed by atoms with Crippen molar-refractivity contribution >= 4 is 65.4 Å². The van der Waals surface area contributed by atoms with Gasteiger partial charge in [-0.1, -0.05) is 102 Å². The van der Waals surface area contributed by atoms with Crippen LogP contribution in [-0.4, -0.2) is 24.1 Å². The lowest BCUT2D eigenvalue weighted by molar-refractivity contribution is -0.671. The van der Waals surface area contributed by atoms with Crippen LogP contribution in [0.25, 0.3) is 10.8 Å². The Morgan fingerprint density at radius 1 is 0.564 bits per heavy atom. The maximum absolute atomic E-state index is 4.32. The number of para-hydroxylation sites is 2. The van der Waals surface area contributed by atoms with Crippen LogP contribution in [-0.2, 0) is 0 Å².